The maximum absolute atomic E-state index is 12.2. The van der Waals surface area contributed by atoms with Gasteiger partial charge in [0, 0.05) is 0 Å². The summed E-state index contributed by atoms with van der Waals surface area (Å²) >= 11 is 0. The van der Waals surface area contributed by atoms with E-state index in [4.69, 9.17) is 0 Å². The first-order valence-electron chi connectivity index (χ1n) is 6.41. The molecule has 0 aliphatic rings. The fourth-order valence-corrected chi connectivity index (χ4v) is 1.76. The summed E-state index contributed by atoms with van der Waals surface area (Å²) in [6, 6.07) is 5.78. The van der Waals surface area contributed by atoms with E-state index in [-0.39, 0.29) is 5.41 Å². The molecule has 0 saturated carbocycles. The first-order chi connectivity index (χ1) is 7.82. The van der Waals surface area contributed by atoms with Gasteiger partial charge in [0.25, 0.3) is 0 Å². The van der Waals surface area contributed by atoms with E-state index in [1.54, 1.807) is 27.7 Å². The van der Waals surface area contributed by atoms with E-state index in [0.717, 1.165) is 16.7 Å². The van der Waals surface area contributed by atoms with Crippen molar-refractivity contribution in [2.75, 3.05) is 0 Å². The second kappa shape index (κ2) is 4.36. The summed E-state index contributed by atoms with van der Waals surface area (Å²) in [5.41, 5.74) is 0.492. The smallest absolute Gasteiger partial charge is 0.0840 e. The molecule has 0 saturated heterocycles. The molecule has 2 nitrogen and oxygen atoms in total. The topological polar surface area (TPSA) is 43.3 Å². The second-order valence-corrected chi connectivity index (χ2v) is 7.12. The molecule has 0 aliphatic heterocycles. The van der Waals surface area contributed by atoms with Crippen LogP contribution in [0.4, 0.5) is 0 Å². The van der Waals surface area contributed by atoms with E-state index >= 15 is 0 Å². The van der Waals surface area contributed by atoms with Crippen molar-refractivity contribution < 1.29 is 10.2 Å². The van der Waals surface area contributed by atoms with Gasteiger partial charge in [0.2, 0.25) is 0 Å². The van der Waals surface area contributed by atoms with E-state index < -0.39 is 11.2 Å². The van der Waals surface area contributed by atoms with E-state index in [0.29, 0.717) is 0 Å². The second-order valence-electron chi connectivity index (χ2n) is 7.12. The van der Waals surface area contributed by atoms with Crippen LogP contribution in [0.5, 0.6) is 0 Å². The lowest BCUT2D eigenvalue weighted by Crippen LogP contribution is -2.34. The van der Waals surface area contributed by atoms with Crippen LogP contribution < -0.4 is 5.11 Å². The van der Waals surface area contributed by atoms with Crippen LogP contribution in [0.15, 0.2) is 18.2 Å². The van der Waals surface area contributed by atoms with Crippen LogP contribution in [-0.4, -0.2) is 5.11 Å². The highest BCUT2D eigenvalue weighted by Gasteiger charge is 2.23. The van der Waals surface area contributed by atoms with Gasteiger partial charge in [-0.25, -0.2) is 0 Å². The molecule has 0 atom stereocenters. The van der Waals surface area contributed by atoms with Crippen molar-refractivity contribution in [1.29, 1.82) is 0 Å². The van der Waals surface area contributed by atoms with Crippen LogP contribution in [0.3, 0.4) is 0 Å². The Balaban J connectivity index is 3.49. The molecular weight excluding hydrogens is 224 g/mol. The molecule has 0 amide bonds. The fourth-order valence-electron chi connectivity index (χ4n) is 1.76. The molecule has 1 N–H and O–H groups in total. The molecule has 0 heterocycles. The Labute approximate surface area is 111 Å². The maximum Gasteiger partial charge on any atom is 0.0840 e. The monoisotopic (exact) mass is 249 g/mol. The zero-order valence-electron chi connectivity index (χ0n) is 12.6. The first-order valence-corrected chi connectivity index (χ1v) is 6.41. The van der Waals surface area contributed by atoms with Gasteiger partial charge in [-0.2, -0.15) is 0 Å². The molecule has 0 unspecified atom stereocenters. The molecule has 0 aromatic heterocycles. The summed E-state index contributed by atoms with van der Waals surface area (Å²) < 4.78 is 0. The van der Waals surface area contributed by atoms with E-state index in [9.17, 15) is 10.2 Å². The van der Waals surface area contributed by atoms with Gasteiger partial charge in [-0.1, -0.05) is 64.0 Å². The standard InChI is InChI=1S/C16H25O2/c1-14(2,3)11-8-12(15(4,5)17)10-13(9-11)16(6,7)18/h8-10,17H,1-7H3/q-1. The zero-order valence-corrected chi connectivity index (χ0v) is 12.6. The molecule has 1 rings (SSSR count). The Hall–Kier alpha value is -0.860. The highest BCUT2D eigenvalue weighted by atomic mass is 16.3. The molecule has 0 spiro atoms. The third-order valence-corrected chi connectivity index (χ3v) is 3.20. The van der Waals surface area contributed by atoms with Gasteiger partial charge in [0.1, 0.15) is 0 Å². The molecule has 0 fully saturated rings. The minimum absolute atomic E-state index is 0.0404. The predicted octanol–water partition coefficient (Wildman–Crippen LogP) is 2.81. The van der Waals surface area contributed by atoms with Crippen LogP contribution in [0.1, 0.15) is 65.2 Å². The van der Waals surface area contributed by atoms with Crippen LogP contribution in [0.2, 0.25) is 0 Å². The van der Waals surface area contributed by atoms with Gasteiger partial charge in [0.15, 0.2) is 0 Å². The Morgan fingerprint density at radius 3 is 1.50 bits per heavy atom. The molecule has 102 valence electrons. The predicted molar refractivity (Wildman–Crippen MR) is 73.4 cm³/mol. The Morgan fingerprint density at radius 1 is 0.778 bits per heavy atom. The normalized spacial score (nSPS) is 13.8. The molecule has 1 aromatic carbocycles. The molecule has 18 heavy (non-hydrogen) atoms. The molecule has 2 heteroatoms. The fraction of sp³-hybridized carbons (Fsp3) is 0.625. The van der Waals surface area contributed by atoms with E-state index in [2.05, 4.69) is 20.8 Å². The largest absolute Gasteiger partial charge is 0.846 e. The molecule has 0 aliphatic carbocycles. The van der Waals surface area contributed by atoms with Gasteiger partial charge < -0.3 is 10.2 Å². The van der Waals surface area contributed by atoms with Crippen molar-refractivity contribution in [3.8, 4) is 0 Å². The van der Waals surface area contributed by atoms with Crippen molar-refractivity contribution in [2.24, 2.45) is 0 Å². The molecule has 0 radical (unpaired) electrons. The number of rotatable bonds is 2. The SMILES string of the molecule is CC(C)(C)c1cc(C(C)(C)[O-])cc(C(C)(C)O)c1. The maximum atomic E-state index is 12.2. The summed E-state index contributed by atoms with van der Waals surface area (Å²) in [4.78, 5) is 0. The number of hydrogen-bond donors (Lipinski definition) is 1. The molecule has 1 aromatic rings. The average Bonchev–Trinajstić information content (AvgIpc) is 2.13. The van der Waals surface area contributed by atoms with Crippen LogP contribution >= 0.6 is 0 Å². The third kappa shape index (κ3) is 3.56. The van der Waals surface area contributed by atoms with Crippen molar-refractivity contribution in [3.63, 3.8) is 0 Å². The number of benzene rings is 1. The van der Waals surface area contributed by atoms with Crippen molar-refractivity contribution >= 4 is 0 Å². The molecular formula is C16H25O2-. The highest BCUT2D eigenvalue weighted by Crippen LogP contribution is 2.31. The quantitative estimate of drug-likeness (QED) is 0.876. The van der Waals surface area contributed by atoms with Crippen molar-refractivity contribution in [2.45, 2.75) is 65.1 Å². The number of hydrogen-bond acceptors (Lipinski definition) is 2. The average molecular weight is 249 g/mol. The lowest BCUT2D eigenvalue weighted by molar-refractivity contribution is -0.475. The Morgan fingerprint density at radius 2 is 1.17 bits per heavy atom. The highest BCUT2D eigenvalue weighted by molar-refractivity contribution is 5.38. The summed E-state index contributed by atoms with van der Waals surface area (Å²) in [7, 11) is 0. The summed E-state index contributed by atoms with van der Waals surface area (Å²) in [5.74, 6) is 0. The minimum Gasteiger partial charge on any atom is -0.846 e. The van der Waals surface area contributed by atoms with Crippen LogP contribution in [0.25, 0.3) is 0 Å². The minimum atomic E-state index is -1.15. The summed E-state index contributed by atoms with van der Waals surface area (Å²) in [5, 5.41) is 22.3. The van der Waals surface area contributed by atoms with Gasteiger partial charge >= 0.3 is 0 Å². The summed E-state index contributed by atoms with van der Waals surface area (Å²) in [6.45, 7) is 13.1. The van der Waals surface area contributed by atoms with Crippen molar-refractivity contribution in [1.82, 2.24) is 0 Å². The Bertz CT molecular complexity index is 347. The van der Waals surface area contributed by atoms with E-state index in [1.807, 2.05) is 18.2 Å². The van der Waals surface area contributed by atoms with Crippen LogP contribution in [-0.2, 0) is 16.6 Å². The van der Waals surface area contributed by atoms with E-state index in [1.165, 1.54) is 0 Å². The van der Waals surface area contributed by atoms with Gasteiger partial charge in [-0.3, -0.25) is 0 Å². The lowest BCUT2D eigenvalue weighted by Gasteiger charge is -2.35. The lowest BCUT2D eigenvalue weighted by atomic mass is 9.80. The molecule has 0 bridgehead atoms. The third-order valence-electron chi connectivity index (χ3n) is 3.20. The first kappa shape index (κ1) is 15.2. The van der Waals surface area contributed by atoms with Crippen molar-refractivity contribution in [3.05, 3.63) is 34.9 Å². The van der Waals surface area contributed by atoms with Gasteiger partial charge in [-0.05, 0) is 30.4 Å². The van der Waals surface area contributed by atoms with Crippen LogP contribution in [0, 0.1) is 0 Å². The Kier molecular flexibility index (Phi) is 3.68. The van der Waals surface area contributed by atoms with Gasteiger partial charge in [-0.15, -0.1) is 0 Å². The zero-order chi connectivity index (χ0) is 14.4. The number of aliphatic hydroxyl groups is 1. The summed E-state index contributed by atoms with van der Waals surface area (Å²) in [6.07, 6.45) is 0. The van der Waals surface area contributed by atoms with Gasteiger partial charge in [0.05, 0.1) is 5.60 Å².